The number of carbonyl (C=O) groups is 1. The van der Waals surface area contributed by atoms with Crippen LogP contribution in [0.1, 0.15) is 38.5 Å². The average Bonchev–Trinajstić information content (AvgIpc) is 2.17. The van der Waals surface area contributed by atoms with Crippen LogP contribution in [-0.2, 0) is 4.79 Å². The van der Waals surface area contributed by atoms with Crippen molar-refractivity contribution in [3.05, 3.63) is 0 Å². The molecular weight excluding hydrogens is 214 g/mol. The Morgan fingerprint density at radius 2 is 1.65 bits per heavy atom. The molecule has 2 rings (SSSR count). The maximum Gasteiger partial charge on any atom is 0.242 e. The summed E-state index contributed by atoms with van der Waals surface area (Å²) in [5, 5.41) is 0. The predicted octanol–water partition coefficient (Wildman–Crippen LogP) is 0.811. The Morgan fingerprint density at radius 3 is 1.94 bits per heavy atom. The molecule has 0 atom stereocenters. The van der Waals surface area contributed by atoms with Gasteiger partial charge in [0, 0.05) is 19.1 Å². The fourth-order valence-electron chi connectivity index (χ4n) is 3.00. The van der Waals surface area contributed by atoms with Crippen LogP contribution in [-0.4, -0.2) is 54.5 Å². The fraction of sp³-hybridized carbons (Fsp3) is 0.923. The van der Waals surface area contributed by atoms with Crippen LogP contribution in [0.5, 0.6) is 0 Å². The minimum atomic E-state index is -0.550. The fourth-order valence-corrected chi connectivity index (χ4v) is 3.00. The van der Waals surface area contributed by atoms with Gasteiger partial charge in [-0.3, -0.25) is 4.79 Å². The molecule has 0 aromatic heterocycles. The van der Waals surface area contributed by atoms with Crippen LogP contribution in [0.3, 0.4) is 0 Å². The lowest BCUT2D eigenvalue weighted by molar-refractivity contribution is -0.141. The zero-order chi connectivity index (χ0) is 12.7. The van der Waals surface area contributed by atoms with Gasteiger partial charge in [-0.15, -0.1) is 0 Å². The van der Waals surface area contributed by atoms with E-state index in [4.69, 9.17) is 5.73 Å². The molecule has 1 amide bonds. The van der Waals surface area contributed by atoms with Crippen molar-refractivity contribution in [3.63, 3.8) is 0 Å². The van der Waals surface area contributed by atoms with Gasteiger partial charge in [-0.25, -0.2) is 0 Å². The third-order valence-corrected chi connectivity index (χ3v) is 4.78. The summed E-state index contributed by atoms with van der Waals surface area (Å²) in [6.45, 7) is 0.817. The Morgan fingerprint density at radius 1 is 1.12 bits per heavy atom. The molecule has 0 bridgehead atoms. The zero-order valence-corrected chi connectivity index (χ0v) is 11.3. The molecule has 2 N–H and O–H groups in total. The molecule has 0 aromatic rings. The molecule has 2 fully saturated rings. The van der Waals surface area contributed by atoms with E-state index in [1.165, 1.54) is 19.3 Å². The first-order chi connectivity index (χ1) is 7.90. The average molecular weight is 239 g/mol. The molecule has 2 aliphatic rings. The van der Waals surface area contributed by atoms with Gasteiger partial charge in [0.2, 0.25) is 5.91 Å². The van der Waals surface area contributed by atoms with Crippen molar-refractivity contribution in [2.45, 2.75) is 49.6 Å². The molecule has 0 radical (unpaired) electrons. The van der Waals surface area contributed by atoms with Crippen molar-refractivity contribution in [2.24, 2.45) is 5.73 Å². The van der Waals surface area contributed by atoms with E-state index < -0.39 is 5.54 Å². The van der Waals surface area contributed by atoms with Gasteiger partial charge < -0.3 is 15.5 Å². The molecule has 0 heterocycles. The van der Waals surface area contributed by atoms with Crippen molar-refractivity contribution >= 4 is 5.91 Å². The van der Waals surface area contributed by atoms with E-state index in [1.54, 1.807) is 0 Å². The van der Waals surface area contributed by atoms with Gasteiger partial charge in [0.25, 0.3) is 0 Å². The third-order valence-electron chi connectivity index (χ3n) is 4.78. The second-order valence-corrected chi connectivity index (χ2v) is 6.14. The maximum atomic E-state index is 12.3. The van der Waals surface area contributed by atoms with Crippen LogP contribution in [0.15, 0.2) is 0 Å². The second-order valence-electron chi connectivity index (χ2n) is 6.14. The number of carbonyl (C=O) groups excluding carboxylic acids is 1. The quantitative estimate of drug-likeness (QED) is 0.790. The van der Waals surface area contributed by atoms with Gasteiger partial charge in [-0.2, -0.15) is 0 Å². The summed E-state index contributed by atoms with van der Waals surface area (Å²) in [6.07, 6.45) is 6.45. The molecular formula is C13H25N3O. The summed E-state index contributed by atoms with van der Waals surface area (Å²) in [5.41, 5.74) is 5.75. The van der Waals surface area contributed by atoms with Gasteiger partial charge in [0.1, 0.15) is 0 Å². The highest BCUT2D eigenvalue weighted by atomic mass is 16.2. The van der Waals surface area contributed by atoms with Crippen molar-refractivity contribution < 1.29 is 4.79 Å². The zero-order valence-electron chi connectivity index (χ0n) is 11.3. The number of hydrogen-bond donors (Lipinski definition) is 1. The lowest BCUT2D eigenvalue weighted by Crippen LogP contribution is -2.63. The maximum absolute atomic E-state index is 12.3. The summed E-state index contributed by atoms with van der Waals surface area (Å²) in [6, 6.07) is 0. The van der Waals surface area contributed by atoms with Crippen LogP contribution < -0.4 is 5.73 Å². The number of nitrogens with two attached hydrogens (primary N) is 1. The Balaban J connectivity index is 1.96. The molecule has 17 heavy (non-hydrogen) atoms. The van der Waals surface area contributed by atoms with Crippen LogP contribution in [0.4, 0.5) is 0 Å². The van der Waals surface area contributed by atoms with Gasteiger partial charge in [-0.1, -0.05) is 0 Å². The Hall–Kier alpha value is -0.610. The van der Waals surface area contributed by atoms with E-state index in [0.717, 1.165) is 25.8 Å². The molecule has 2 aliphatic carbocycles. The summed E-state index contributed by atoms with van der Waals surface area (Å²) in [4.78, 5) is 16.4. The summed E-state index contributed by atoms with van der Waals surface area (Å²) >= 11 is 0. The van der Waals surface area contributed by atoms with E-state index in [1.807, 2.05) is 11.9 Å². The highest BCUT2D eigenvalue weighted by Crippen LogP contribution is 2.38. The number of likely N-dealkylation sites (N-methyl/N-ethyl adjacent to an activating group) is 2. The van der Waals surface area contributed by atoms with Crippen molar-refractivity contribution in [2.75, 3.05) is 27.7 Å². The van der Waals surface area contributed by atoms with Crippen molar-refractivity contribution in [3.8, 4) is 0 Å². The first-order valence-corrected chi connectivity index (χ1v) is 6.62. The van der Waals surface area contributed by atoms with Crippen molar-refractivity contribution in [1.29, 1.82) is 0 Å². The van der Waals surface area contributed by atoms with E-state index in [9.17, 15) is 4.79 Å². The summed E-state index contributed by atoms with van der Waals surface area (Å²) in [5.74, 6) is 0.136. The molecule has 4 nitrogen and oxygen atoms in total. The number of amides is 1. The van der Waals surface area contributed by atoms with E-state index in [0.29, 0.717) is 0 Å². The lowest BCUT2D eigenvalue weighted by atomic mass is 9.73. The molecule has 0 spiro atoms. The second kappa shape index (κ2) is 4.25. The van der Waals surface area contributed by atoms with Gasteiger partial charge >= 0.3 is 0 Å². The first kappa shape index (κ1) is 12.8. The normalized spacial score (nSPS) is 25.0. The Labute approximate surface area is 104 Å². The number of nitrogens with zero attached hydrogens (tertiary/aromatic N) is 2. The SMILES string of the molecule is CN(CC1(N(C)C)CCC1)C(=O)C1(N)CCC1. The smallest absolute Gasteiger partial charge is 0.242 e. The van der Waals surface area contributed by atoms with Gasteiger partial charge in [-0.05, 0) is 52.6 Å². The minimum absolute atomic E-state index is 0.136. The molecule has 0 saturated heterocycles. The molecule has 0 unspecified atom stereocenters. The Bertz CT molecular complexity index is 306. The van der Waals surface area contributed by atoms with Crippen LogP contribution >= 0.6 is 0 Å². The number of hydrogen-bond acceptors (Lipinski definition) is 3. The van der Waals surface area contributed by atoms with Gasteiger partial charge in [0.05, 0.1) is 5.54 Å². The summed E-state index contributed by atoms with van der Waals surface area (Å²) in [7, 11) is 6.12. The molecule has 0 aromatic carbocycles. The predicted molar refractivity (Wildman–Crippen MR) is 68.7 cm³/mol. The topological polar surface area (TPSA) is 49.6 Å². The monoisotopic (exact) mass is 239 g/mol. The van der Waals surface area contributed by atoms with Gasteiger partial charge in [0.15, 0.2) is 0 Å². The van der Waals surface area contributed by atoms with E-state index in [2.05, 4.69) is 19.0 Å². The standard InChI is InChI=1S/C13H25N3O/c1-15(2)12(6-4-7-12)10-16(3)11(17)13(14)8-5-9-13/h4-10,14H2,1-3H3. The highest BCUT2D eigenvalue weighted by molar-refractivity contribution is 5.87. The minimum Gasteiger partial charge on any atom is -0.342 e. The molecule has 98 valence electrons. The third kappa shape index (κ3) is 2.08. The number of rotatable bonds is 4. The first-order valence-electron chi connectivity index (χ1n) is 6.62. The lowest BCUT2D eigenvalue weighted by Gasteiger charge is -2.50. The largest absolute Gasteiger partial charge is 0.342 e. The molecule has 0 aliphatic heterocycles. The molecule has 2 saturated carbocycles. The van der Waals surface area contributed by atoms with E-state index >= 15 is 0 Å². The van der Waals surface area contributed by atoms with Crippen LogP contribution in [0, 0.1) is 0 Å². The highest BCUT2D eigenvalue weighted by Gasteiger charge is 2.45. The van der Waals surface area contributed by atoms with E-state index in [-0.39, 0.29) is 11.4 Å². The van der Waals surface area contributed by atoms with Crippen molar-refractivity contribution in [1.82, 2.24) is 9.80 Å². The van der Waals surface area contributed by atoms with Crippen LogP contribution in [0.2, 0.25) is 0 Å². The molecule has 4 heteroatoms. The Kier molecular flexibility index (Phi) is 3.21. The van der Waals surface area contributed by atoms with Crippen LogP contribution in [0.25, 0.3) is 0 Å². The summed E-state index contributed by atoms with van der Waals surface area (Å²) < 4.78 is 0.